The van der Waals surface area contributed by atoms with Crippen molar-refractivity contribution in [2.45, 2.75) is 20.3 Å². The van der Waals surface area contributed by atoms with E-state index >= 15 is 0 Å². The summed E-state index contributed by atoms with van der Waals surface area (Å²) in [5.74, 6) is -0.483. The van der Waals surface area contributed by atoms with Crippen LogP contribution in [0.2, 0.25) is 0 Å². The zero-order valence-corrected chi connectivity index (χ0v) is 13.3. The van der Waals surface area contributed by atoms with Crippen LogP contribution in [-0.2, 0) is 9.59 Å². The van der Waals surface area contributed by atoms with Gasteiger partial charge in [-0.15, -0.1) is 0 Å². The number of carboxylic acids is 1. The minimum Gasteiger partial charge on any atom is -0.478 e. The molecule has 2 rings (SSSR count). The Kier molecular flexibility index (Phi) is 4.75. The zero-order chi connectivity index (χ0) is 16.4. The monoisotopic (exact) mass is 322 g/mol. The first-order chi connectivity index (χ1) is 10.3. The molecule has 3 N–H and O–H groups in total. The van der Waals surface area contributed by atoms with Crippen LogP contribution in [0.1, 0.15) is 29.3 Å². The Hall–Kier alpha value is -2.02. The third-order valence-electron chi connectivity index (χ3n) is 3.69. The van der Waals surface area contributed by atoms with E-state index in [1.807, 2.05) is 0 Å². The van der Waals surface area contributed by atoms with Gasteiger partial charge in [0.25, 0.3) is 0 Å². The highest BCUT2D eigenvalue weighted by Crippen LogP contribution is 2.33. The van der Waals surface area contributed by atoms with Crippen LogP contribution in [0.25, 0.3) is 0 Å². The molecular weight excluding hydrogens is 304 g/mol. The van der Waals surface area contributed by atoms with E-state index in [4.69, 9.17) is 10.8 Å². The van der Waals surface area contributed by atoms with Crippen LogP contribution in [0.15, 0.2) is 12.1 Å². The number of amides is 1. The van der Waals surface area contributed by atoms with Crippen molar-refractivity contribution in [1.29, 1.82) is 0 Å². The number of rotatable bonds is 4. The lowest BCUT2D eigenvalue weighted by Gasteiger charge is -2.21. The molecule has 1 aromatic rings. The Labute approximate surface area is 132 Å². The summed E-state index contributed by atoms with van der Waals surface area (Å²) in [7, 11) is 0. The summed E-state index contributed by atoms with van der Waals surface area (Å²) in [6.07, 6.45) is 0.358. The Morgan fingerprint density at radius 2 is 2.14 bits per heavy atom. The van der Waals surface area contributed by atoms with Gasteiger partial charge in [-0.3, -0.25) is 9.59 Å². The number of nitrogen functional groups attached to an aromatic ring is 1. The lowest BCUT2D eigenvalue weighted by atomic mass is 10.1. The van der Waals surface area contributed by atoms with E-state index in [0.29, 0.717) is 35.7 Å². The number of carbonyl (C=O) groups excluding carboxylic acids is 2. The van der Waals surface area contributed by atoms with Gasteiger partial charge in [0.15, 0.2) is 5.12 Å². The minimum absolute atomic E-state index is 0.0270. The lowest BCUT2D eigenvalue weighted by Crippen LogP contribution is -2.26. The van der Waals surface area contributed by atoms with Gasteiger partial charge < -0.3 is 15.7 Å². The fourth-order valence-electron chi connectivity index (χ4n) is 2.49. The van der Waals surface area contributed by atoms with Crippen LogP contribution in [-0.4, -0.2) is 34.4 Å². The summed E-state index contributed by atoms with van der Waals surface area (Å²) < 4.78 is 0. The topological polar surface area (TPSA) is 101 Å². The van der Waals surface area contributed by atoms with Crippen molar-refractivity contribution in [3.05, 3.63) is 23.3 Å². The van der Waals surface area contributed by atoms with Crippen molar-refractivity contribution in [3.8, 4) is 0 Å². The Balaban J connectivity index is 2.26. The van der Waals surface area contributed by atoms with Gasteiger partial charge in [-0.05, 0) is 30.5 Å². The molecule has 0 saturated carbocycles. The van der Waals surface area contributed by atoms with Gasteiger partial charge in [0.2, 0.25) is 5.91 Å². The number of hydrogen-bond acceptors (Lipinski definition) is 5. The number of benzene rings is 1. The molecule has 1 saturated heterocycles. The molecule has 0 bridgehead atoms. The van der Waals surface area contributed by atoms with Crippen LogP contribution in [0.4, 0.5) is 11.4 Å². The van der Waals surface area contributed by atoms with Crippen LogP contribution in [0.5, 0.6) is 0 Å². The molecule has 1 unspecified atom stereocenters. The van der Waals surface area contributed by atoms with E-state index in [1.165, 1.54) is 30.8 Å². The highest BCUT2D eigenvalue weighted by Gasteiger charge is 2.32. The maximum atomic E-state index is 12.2. The summed E-state index contributed by atoms with van der Waals surface area (Å²) in [6.45, 7) is 3.74. The molecule has 0 radical (unpaired) electrons. The SMILES string of the molecule is CC(=O)SCC1CC(=O)N(c2cc(C(=O)O)cc(N)c2C)C1. The minimum atomic E-state index is -1.08. The number of thioether (sulfide) groups is 1. The third kappa shape index (κ3) is 3.41. The van der Waals surface area contributed by atoms with Gasteiger partial charge >= 0.3 is 5.97 Å². The zero-order valence-electron chi connectivity index (χ0n) is 12.5. The predicted molar refractivity (Wildman–Crippen MR) is 86.1 cm³/mol. The van der Waals surface area contributed by atoms with E-state index < -0.39 is 5.97 Å². The van der Waals surface area contributed by atoms with Gasteiger partial charge in [-0.1, -0.05) is 11.8 Å². The fraction of sp³-hybridized carbons (Fsp3) is 0.400. The van der Waals surface area contributed by atoms with Gasteiger partial charge in [0.05, 0.1) is 5.56 Å². The first-order valence-electron chi connectivity index (χ1n) is 6.86. The Morgan fingerprint density at radius 1 is 1.45 bits per heavy atom. The second kappa shape index (κ2) is 6.39. The fourth-order valence-corrected chi connectivity index (χ4v) is 3.18. The molecule has 1 aromatic carbocycles. The van der Waals surface area contributed by atoms with Crippen LogP contribution < -0.4 is 10.6 Å². The first kappa shape index (κ1) is 16.4. The highest BCUT2D eigenvalue weighted by atomic mass is 32.2. The van der Waals surface area contributed by atoms with Crippen LogP contribution in [0, 0.1) is 12.8 Å². The molecule has 118 valence electrons. The number of carboxylic acid groups (broad SMARTS) is 1. The predicted octanol–water partition coefficient (Wildman–Crippen LogP) is 1.91. The van der Waals surface area contributed by atoms with Gasteiger partial charge in [-0.25, -0.2) is 4.79 Å². The molecule has 1 fully saturated rings. The molecule has 7 heteroatoms. The quantitative estimate of drug-likeness (QED) is 0.821. The smallest absolute Gasteiger partial charge is 0.335 e. The maximum absolute atomic E-state index is 12.2. The number of carbonyl (C=O) groups is 3. The number of hydrogen-bond donors (Lipinski definition) is 2. The van der Waals surface area contributed by atoms with Crippen molar-refractivity contribution in [2.75, 3.05) is 22.9 Å². The summed E-state index contributed by atoms with van der Waals surface area (Å²) in [5.41, 5.74) is 7.50. The second-order valence-corrected chi connectivity index (χ2v) is 6.59. The van der Waals surface area contributed by atoms with Gasteiger partial charge in [0.1, 0.15) is 0 Å². The molecule has 0 spiro atoms. The third-order valence-corrected chi connectivity index (χ3v) is 4.73. The summed E-state index contributed by atoms with van der Waals surface area (Å²) in [4.78, 5) is 36.0. The molecule has 1 aliphatic rings. The van der Waals surface area contributed by atoms with Gasteiger partial charge in [-0.2, -0.15) is 0 Å². The highest BCUT2D eigenvalue weighted by molar-refractivity contribution is 8.13. The van der Waals surface area contributed by atoms with E-state index in [1.54, 1.807) is 11.8 Å². The van der Waals surface area contributed by atoms with Crippen LogP contribution in [0.3, 0.4) is 0 Å². The van der Waals surface area contributed by atoms with Crippen LogP contribution >= 0.6 is 11.8 Å². The molecule has 22 heavy (non-hydrogen) atoms. The first-order valence-corrected chi connectivity index (χ1v) is 7.85. The summed E-state index contributed by atoms with van der Waals surface area (Å²) in [6, 6.07) is 2.87. The van der Waals surface area contributed by atoms with Crippen molar-refractivity contribution < 1.29 is 19.5 Å². The molecule has 1 heterocycles. The van der Waals surface area contributed by atoms with Crippen molar-refractivity contribution in [2.24, 2.45) is 5.92 Å². The van der Waals surface area contributed by atoms with E-state index in [2.05, 4.69) is 0 Å². The van der Waals surface area contributed by atoms with Crippen molar-refractivity contribution >= 4 is 40.1 Å². The molecule has 0 aromatic heterocycles. The second-order valence-electron chi connectivity index (χ2n) is 5.39. The van der Waals surface area contributed by atoms with Gasteiger partial charge in [0, 0.05) is 37.0 Å². The molecule has 1 amide bonds. The normalized spacial score (nSPS) is 17.8. The van der Waals surface area contributed by atoms with E-state index in [0.717, 1.165) is 0 Å². The molecule has 0 aliphatic carbocycles. The number of aromatic carboxylic acids is 1. The van der Waals surface area contributed by atoms with Crippen molar-refractivity contribution in [3.63, 3.8) is 0 Å². The Morgan fingerprint density at radius 3 is 2.73 bits per heavy atom. The maximum Gasteiger partial charge on any atom is 0.335 e. The summed E-state index contributed by atoms with van der Waals surface area (Å²) in [5, 5.41) is 9.16. The average Bonchev–Trinajstić information content (AvgIpc) is 2.80. The number of anilines is 2. The van der Waals surface area contributed by atoms with E-state index in [9.17, 15) is 14.4 Å². The lowest BCUT2D eigenvalue weighted by molar-refractivity contribution is -0.117. The average molecular weight is 322 g/mol. The Bertz CT molecular complexity index is 645. The van der Waals surface area contributed by atoms with E-state index in [-0.39, 0.29) is 22.5 Å². The summed E-state index contributed by atoms with van der Waals surface area (Å²) >= 11 is 1.21. The molecular formula is C15H18N2O4S. The van der Waals surface area contributed by atoms with Crippen molar-refractivity contribution in [1.82, 2.24) is 0 Å². The number of nitrogens with two attached hydrogens (primary N) is 1. The molecule has 1 aliphatic heterocycles. The molecule has 1 atom stereocenters. The molecule has 6 nitrogen and oxygen atoms in total. The number of nitrogens with zero attached hydrogens (tertiary/aromatic N) is 1. The largest absolute Gasteiger partial charge is 0.478 e. The standard InChI is InChI=1S/C15H18N2O4S/c1-8-12(16)4-11(15(20)21)5-13(8)17-6-10(3-14(17)19)7-22-9(2)18/h4-5,10H,3,6-7,16H2,1-2H3,(H,20,21).